The number of carboxylic acids is 1. The van der Waals surface area contributed by atoms with E-state index < -0.39 is 17.9 Å². The average molecular weight is 589 g/mol. The summed E-state index contributed by atoms with van der Waals surface area (Å²) in [6, 6.07) is 28.7. The van der Waals surface area contributed by atoms with Gasteiger partial charge in [0, 0.05) is 30.4 Å². The number of carbonyl (C=O) groups excluding carboxylic acids is 2. The van der Waals surface area contributed by atoms with Gasteiger partial charge >= 0.3 is 18.9 Å². The minimum atomic E-state index is -1.29. The van der Waals surface area contributed by atoms with Gasteiger partial charge in [-0.2, -0.15) is 11.8 Å². The fraction of sp³-hybridized carbons (Fsp3) is 0.235. The summed E-state index contributed by atoms with van der Waals surface area (Å²) in [6.45, 7) is 3.42. The molecule has 4 aromatic rings. The van der Waals surface area contributed by atoms with Crippen LogP contribution in [0.5, 0.6) is 11.5 Å². The Kier molecular flexibility index (Phi) is 11.2. The van der Waals surface area contributed by atoms with E-state index in [1.165, 1.54) is 11.8 Å². The standard InChI is InChI=1S/C34H34N2O5S.Li/c1-23-8-6-7-11-27(23)29-18-25(12-14-28(29)33(37)35-30(34(38)39)16-17-42-2)21-36(20-24-9-4-3-5-10-24)26-13-15-31-32(19-26)41-22-40-31;/h3-15,18-19,30H,16-17,20-22H2,1-2H3,(H,35,37)(H,38,39);/q;+1/p-1/t30-;/m0./s1. The third-order valence-electron chi connectivity index (χ3n) is 7.28. The van der Waals surface area contributed by atoms with Gasteiger partial charge in [-0.15, -0.1) is 0 Å². The number of amides is 1. The molecular formula is C34H33LiN2O5S. The molecule has 0 aromatic heterocycles. The number of aryl methyl sites for hydroxylation is 1. The van der Waals surface area contributed by atoms with Crippen molar-refractivity contribution in [2.45, 2.75) is 32.5 Å². The number of hydrogen-bond acceptors (Lipinski definition) is 7. The first-order valence-electron chi connectivity index (χ1n) is 13.8. The molecule has 7 nitrogen and oxygen atoms in total. The Hall–Kier alpha value is -3.83. The SMILES string of the molecule is CSCC[C@H](NC(=O)c1ccc(CN(Cc2ccccc2)c2ccc3c(c2)OCO3)cc1-c1ccccc1C)C(=O)[O-].[Li+]. The van der Waals surface area contributed by atoms with Gasteiger partial charge in [0.05, 0.1) is 12.0 Å². The van der Waals surface area contributed by atoms with E-state index in [4.69, 9.17) is 9.47 Å². The summed E-state index contributed by atoms with van der Waals surface area (Å²) in [4.78, 5) is 27.5. The molecule has 1 N–H and O–H groups in total. The van der Waals surface area contributed by atoms with Crippen LogP contribution in [0.25, 0.3) is 11.1 Å². The Labute approximate surface area is 268 Å². The molecule has 216 valence electrons. The number of benzene rings is 4. The van der Waals surface area contributed by atoms with Crippen LogP contribution in [-0.2, 0) is 17.9 Å². The molecule has 5 rings (SSSR count). The van der Waals surface area contributed by atoms with Crippen molar-refractivity contribution in [2.24, 2.45) is 0 Å². The zero-order valence-corrected chi connectivity index (χ0v) is 25.5. The topological polar surface area (TPSA) is 90.9 Å². The Morgan fingerprint density at radius 2 is 1.60 bits per heavy atom. The number of hydrogen-bond donors (Lipinski definition) is 1. The van der Waals surface area contributed by atoms with E-state index in [2.05, 4.69) is 22.3 Å². The average Bonchev–Trinajstić information content (AvgIpc) is 3.47. The maximum atomic E-state index is 13.5. The number of nitrogens with zero attached hydrogens (tertiary/aromatic N) is 1. The number of ether oxygens (including phenoxy) is 2. The van der Waals surface area contributed by atoms with E-state index in [-0.39, 0.29) is 32.1 Å². The molecule has 1 heterocycles. The zero-order chi connectivity index (χ0) is 29.5. The van der Waals surface area contributed by atoms with Gasteiger partial charge in [-0.25, -0.2) is 0 Å². The molecule has 0 aliphatic carbocycles. The van der Waals surface area contributed by atoms with Gasteiger partial charge in [0.25, 0.3) is 5.91 Å². The molecule has 0 fully saturated rings. The van der Waals surface area contributed by atoms with Gasteiger partial charge in [0.1, 0.15) is 0 Å². The Morgan fingerprint density at radius 3 is 2.35 bits per heavy atom. The number of anilines is 1. The molecule has 1 aliphatic rings. The fourth-order valence-corrected chi connectivity index (χ4v) is 5.52. The van der Waals surface area contributed by atoms with Crippen LogP contribution in [0.15, 0.2) is 91.0 Å². The van der Waals surface area contributed by atoms with E-state index in [1.54, 1.807) is 6.07 Å². The summed E-state index contributed by atoms with van der Waals surface area (Å²) in [6.07, 6.45) is 2.19. The van der Waals surface area contributed by atoms with Crippen molar-refractivity contribution in [1.82, 2.24) is 5.32 Å². The first-order valence-corrected chi connectivity index (χ1v) is 15.2. The largest absolute Gasteiger partial charge is 1.00 e. The van der Waals surface area contributed by atoms with Crippen molar-refractivity contribution in [3.63, 3.8) is 0 Å². The predicted molar refractivity (Wildman–Crippen MR) is 165 cm³/mol. The van der Waals surface area contributed by atoms with Gasteiger partial charge in [-0.3, -0.25) is 4.79 Å². The quantitative estimate of drug-likeness (QED) is 0.254. The maximum Gasteiger partial charge on any atom is 1.00 e. The smallest absolute Gasteiger partial charge is 0.548 e. The van der Waals surface area contributed by atoms with Gasteiger partial charge in [-0.1, -0.05) is 60.7 Å². The van der Waals surface area contributed by atoms with Crippen molar-refractivity contribution >= 4 is 29.3 Å². The molecule has 0 saturated carbocycles. The second-order valence-electron chi connectivity index (χ2n) is 10.2. The van der Waals surface area contributed by atoms with Crippen molar-refractivity contribution in [2.75, 3.05) is 23.7 Å². The van der Waals surface area contributed by atoms with Crippen LogP contribution in [0.1, 0.15) is 33.5 Å². The predicted octanol–water partition coefficient (Wildman–Crippen LogP) is 2.20. The summed E-state index contributed by atoms with van der Waals surface area (Å²) in [7, 11) is 0. The number of nitrogens with one attached hydrogen (secondary N) is 1. The summed E-state index contributed by atoms with van der Waals surface area (Å²) in [5.74, 6) is 0.309. The van der Waals surface area contributed by atoms with E-state index in [1.807, 2.05) is 86.0 Å². The molecule has 0 unspecified atom stereocenters. The van der Waals surface area contributed by atoms with E-state index >= 15 is 0 Å². The molecule has 0 radical (unpaired) electrons. The molecule has 0 bridgehead atoms. The van der Waals surface area contributed by atoms with Crippen LogP contribution >= 0.6 is 11.8 Å². The normalized spacial score (nSPS) is 12.2. The van der Waals surface area contributed by atoms with Crippen LogP contribution < -0.4 is 43.7 Å². The second kappa shape index (κ2) is 15.1. The zero-order valence-electron chi connectivity index (χ0n) is 24.7. The number of thioether (sulfide) groups is 1. The molecule has 1 amide bonds. The van der Waals surface area contributed by atoms with E-state index in [0.29, 0.717) is 30.2 Å². The van der Waals surface area contributed by atoms with Gasteiger partial charge in [0.15, 0.2) is 11.5 Å². The minimum absolute atomic E-state index is 0. The van der Waals surface area contributed by atoms with Crippen molar-refractivity contribution < 1.29 is 43.0 Å². The van der Waals surface area contributed by atoms with Crippen molar-refractivity contribution in [3.8, 4) is 22.6 Å². The monoisotopic (exact) mass is 588 g/mol. The minimum Gasteiger partial charge on any atom is -0.548 e. The molecule has 0 spiro atoms. The Balaban J connectivity index is 0.00000423. The fourth-order valence-electron chi connectivity index (χ4n) is 5.05. The Bertz CT molecular complexity index is 1570. The molecule has 4 aromatic carbocycles. The van der Waals surface area contributed by atoms with Crippen molar-refractivity contribution in [1.29, 1.82) is 0 Å². The van der Waals surface area contributed by atoms with Crippen LogP contribution in [0, 0.1) is 6.92 Å². The van der Waals surface area contributed by atoms with Crippen LogP contribution in [0.3, 0.4) is 0 Å². The van der Waals surface area contributed by atoms with Crippen LogP contribution in [0.2, 0.25) is 0 Å². The number of aliphatic carboxylic acids is 1. The third-order valence-corrected chi connectivity index (χ3v) is 7.92. The van der Waals surface area contributed by atoms with E-state index in [0.717, 1.165) is 39.3 Å². The maximum absolute atomic E-state index is 13.5. The second-order valence-corrected chi connectivity index (χ2v) is 11.2. The molecule has 43 heavy (non-hydrogen) atoms. The molecular weight excluding hydrogens is 555 g/mol. The first kappa shape index (κ1) is 32.1. The summed E-state index contributed by atoms with van der Waals surface area (Å²) in [5.41, 5.74) is 6.22. The summed E-state index contributed by atoms with van der Waals surface area (Å²) in [5, 5.41) is 14.4. The van der Waals surface area contributed by atoms with Crippen LogP contribution in [-0.4, -0.2) is 36.7 Å². The third kappa shape index (κ3) is 7.97. The number of carboxylic acid groups (broad SMARTS) is 1. The van der Waals surface area contributed by atoms with E-state index in [9.17, 15) is 14.7 Å². The molecule has 9 heteroatoms. The molecule has 0 saturated heterocycles. The molecule has 1 atom stereocenters. The van der Waals surface area contributed by atoms with Crippen molar-refractivity contribution in [3.05, 3.63) is 113 Å². The van der Waals surface area contributed by atoms with Gasteiger partial charge < -0.3 is 29.6 Å². The Morgan fingerprint density at radius 1 is 0.884 bits per heavy atom. The number of fused-ring (bicyclic) bond motifs is 1. The first-order chi connectivity index (χ1) is 20.4. The van der Waals surface area contributed by atoms with Crippen LogP contribution in [0.4, 0.5) is 5.69 Å². The summed E-state index contributed by atoms with van der Waals surface area (Å²) < 4.78 is 11.2. The number of carbonyl (C=O) groups is 2. The number of rotatable bonds is 12. The molecule has 1 aliphatic heterocycles. The van der Waals surface area contributed by atoms with Gasteiger partial charge in [0.2, 0.25) is 6.79 Å². The summed E-state index contributed by atoms with van der Waals surface area (Å²) >= 11 is 1.52. The van der Waals surface area contributed by atoms with Gasteiger partial charge in [-0.05, 0) is 77.4 Å².